The van der Waals surface area contributed by atoms with Crippen LogP contribution < -0.4 is 10.1 Å². The van der Waals surface area contributed by atoms with Crippen molar-refractivity contribution in [2.45, 2.75) is 51.2 Å². The Hall–Kier alpha value is -1.06. The molecule has 0 aliphatic heterocycles. The Bertz CT molecular complexity index is 396. The average Bonchev–Trinajstić information content (AvgIpc) is 2.95. The largest absolute Gasteiger partial charge is 0.497 e. The number of nitrogens with one attached hydrogen (secondary N) is 1. The van der Waals surface area contributed by atoms with E-state index in [1.54, 1.807) is 7.11 Å². The minimum atomic E-state index is -0.0423. The third kappa shape index (κ3) is 3.15. The molecule has 1 atom stereocenters. The lowest BCUT2D eigenvalue weighted by atomic mass is 9.86. The molecule has 0 aromatic heterocycles. The van der Waals surface area contributed by atoms with Crippen LogP contribution in [0.25, 0.3) is 0 Å². The van der Waals surface area contributed by atoms with Crippen molar-refractivity contribution in [1.82, 2.24) is 5.32 Å². The molecule has 3 heteroatoms. The van der Waals surface area contributed by atoms with Gasteiger partial charge in [-0.05, 0) is 44.0 Å². The predicted molar refractivity (Wildman–Crippen MR) is 82.2 cm³/mol. The normalized spacial score (nSPS) is 18.9. The van der Waals surface area contributed by atoms with Crippen LogP contribution in [0.4, 0.5) is 0 Å². The maximum Gasteiger partial charge on any atom is 0.118 e. The Balaban J connectivity index is 2.27. The van der Waals surface area contributed by atoms with Gasteiger partial charge in [0.15, 0.2) is 0 Å². The molecule has 0 saturated heterocycles. The van der Waals surface area contributed by atoms with Crippen LogP contribution in [0.1, 0.15) is 51.1 Å². The standard InChI is InChI=1S/C17H27NO2/c1-4-18-16(14-8-10-15(19-3)11-9-14)17(20-5-2)12-6-7-13-17/h8-11,16,18H,4-7,12-13H2,1-3H3. The summed E-state index contributed by atoms with van der Waals surface area (Å²) in [6, 6.07) is 8.65. The minimum Gasteiger partial charge on any atom is -0.497 e. The molecular formula is C17H27NO2. The van der Waals surface area contributed by atoms with Crippen molar-refractivity contribution in [2.24, 2.45) is 0 Å². The molecule has 1 aliphatic carbocycles. The molecule has 0 spiro atoms. The van der Waals surface area contributed by atoms with E-state index in [0.29, 0.717) is 0 Å². The van der Waals surface area contributed by atoms with Gasteiger partial charge in [0.1, 0.15) is 5.75 Å². The smallest absolute Gasteiger partial charge is 0.118 e. The molecule has 20 heavy (non-hydrogen) atoms. The first-order valence-electron chi connectivity index (χ1n) is 7.77. The first kappa shape index (κ1) is 15.3. The number of methoxy groups -OCH3 is 1. The zero-order valence-corrected chi connectivity index (χ0v) is 12.9. The summed E-state index contributed by atoms with van der Waals surface area (Å²) in [4.78, 5) is 0. The van der Waals surface area contributed by atoms with E-state index >= 15 is 0 Å². The van der Waals surface area contributed by atoms with Gasteiger partial charge in [0, 0.05) is 6.61 Å². The Morgan fingerprint density at radius 1 is 1.15 bits per heavy atom. The first-order chi connectivity index (χ1) is 9.75. The van der Waals surface area contributed by atoms with Crippen molar-refractivity contribution in [3.05, 3.63) is 29.8 Å². The van der Waals surface area contributed by atoms with Gasteiger partial charge >= 0.3 is 0 Å². The molecule has 1 N–H and O–H groups in total. The second-order valence-corrected chi connectivity index (χ2v) is 5.47. The summed E-state index contributed by atoms with van der Waals surface area (Å²) < 4.78 is 11.5. The summed E-state index contributed by atoms with van der Waals surface area (Å²) in [7, 11) is 1.70. The summed E-state index contributed by atoms with van der Waals surface area (Å²) in [6.45, 7) is 5.98. The predicted octanol–water partition coefficient (Wildman–Crippen LogP) is 3.70. The van der Waals surface area contributed by atoms with Gasteiger partial charge in [-0.1, -0.05) is 31.9 Å². The first-order valence-corrected chi connectivity index (χ1v) is 7.77. The van der Waals surface area contributed by atoms with Crippen molar-refractivity contribution in [2.75, 3.05) is 20.3 Å². The molecule has 1 aromatic carbocycles. The summed E-state index contributed by atoms with van der Waals surface area (Å²) in [6.07, 6.45) is 4.81. The van der Waals surface area contributed by atoms with Gasteiger partial charge in [0.2, 0.25) is 0 Å². The van der Waals surface area contributed by atoms with E-state index in [0.717, 1.165) is 31.7 Å². The van der Waals surface area contributed by atoms with Crippen molar-refractivity contribution in [3.8, 4) is 5.75 Å². The van der Waals surface area contributed by atoms with E-state index in [1.165, 1.54) is 18.4 Å². The topological polar surface area (TPSA) is 30.5 Å². The minimum absolute atomic E-state index is 0.0423. The Labute approximate surface area is 122 Å². The molecule has 1 aliphatic rings. The highest BCUT2D eigenvalue weighted by atomic mass is 16.5. The molecule has 1 unspecified atom stereocenters. The molecule has 1 saturated carbocycles. The molecule has 0 amide bonds. The molecule has 0 heterocycles. The van der Waals surface area contributed by atoms with E-state index in [1.807, 2.05) is 12.1 Å². The number of hydrogen-bond acceptors (Lipinski definition) is 3. The van der Waals surface area contributed by atoms with Crippen LogP contribution >= 0.6 is 0 Å². The van der Waals surface area contributed by atoms with Gasteiger partial charge < -0.3 is 14.8 Å². The molecule has 0 radical (unpaired) electrons. The van der Waals surface area contributed by atoms with E-state index in [2.05, 4.69) is 31.3 Å². The number of likely N-dealkylation sites (N-methyl/N-ethyl adjacent to an activating group) is 1. The molecule has 112 valence electrons. The van der Waals surface area contributed by atoms with Crippen molar-refractivity contribution >= 4 is 0 Å². The Morgan fingerprint density at radius 3 is 2.30 bits per heavy atom. The van der Waals surface area contributed by atoms with Gasteiger partial charge in [0.05, 0.1) is 18.8 Å². The molecule has 0 bridgehead atoms. The number of hydrogen-bond donors (Lipinski definition) is 1. The van der Waals surface area contributed by atoms with Gasteiger partial charge in [-0.2, -0.15) is 0 Å². The Morgan fingerprint density at radius 2 is 1.80 bits per heavy atom. The van der Waals surface area contributed by atoms with Gasteiger partial charge in [-0.3, -0.25) is 0 Å². The summed E-state index contributed by atoms with van der Waals surface area (Å²) in [5, 5.41) is 3.64. The van der Waals surface area contributed by atoms with Crippen LogP contribution in [0.2, 0.25) is 0 Å². The average molecular weight is 277 g/mol. The highest BCUT2D eigenvalue weighted by Crippen LogP contribution is 2.43. The van der Waals surface area contributed by atoms with E-state index in [-0.39, 0.29) is 11.6 Å². The quantitative estimate of drug-likeness (QED) is 0.824. The summed E-state index contributed by atoms with van der Waals surface area (Å²) in [5.41, 5.74) is 1.25. The lowest BCUT2D eigenvalue weighted by Gasteiger charge is -2.38. The van der Waals surface area contributed by atoms with Gasteiger partial charge in [-0.25, -0.2) is 0 Å². The van der Waals surface area contributed by atoms with Crippen molar-refractivity contribution in [3.63, 3.8) is 0 Å². The number of ether oxygens (including phenoxy) is 2. The SMILES string of the molecule is CCNC(c1ccc(OC)cc1)C1(OCC)CCCC1. The third-order valence-corrected chi connectivity index (χ3v) is 4.27. The van der Waals surface area contributed by atoms with Crippen LogP contribution in [0.3, 0.4) is 0 Å². The molecule has 2 rings (SSSR count). The molecule has 1 fully saturated rings. The second kappa shape index (κ2) is 7.09. The lowest BCUT2D eigenvalue weighted by molar-refractivity contribution is -0.0623. The number of rotatable bonds is 7. The van der Waals surface area contributed by atoms with Crippen LogP contribution in [-0.2, 0) is 4.74 Å². The van der Waals surface area contributed by atoms with Gasteiger partial charge in [0.25, 0.3) is 0 Å². The fourth-order valence-corrected chi connectivity index (χ4v) is 3.39. The van der Waals surface area contributed by atoms with E-state index in [9.17, 15) is 0 Å². The zero-order valence-electron chi connectivity index (χ0n) is 12.9. The highest BCUT2D eigenvalue weighted by molar-refractivity contribution is 5.31. The third-order valence-electron chi connectivity index (χ3n) is 4.27. The van der Waals surface area contributed by atoms with Crippen LogP contribution in [0.15, 0.2) is 24.3 Å². The fourth-order valence-electron chi connectivity index (χ4n) is 3.39. The van der Waals surface area contributed by atoms with Crippen molar-refractivity contribution < 1.29 is 9.47 Å². The van der Waals surface area contributed by atoms with Crippen LogP contribution in [-0.4, -0.2) is 25.9 Å². The fraction of sp³-hybridized carbons (Fsp3) is 0.647. The molecule has 1 aromatic rings. The lowest BCUT2D eigenvalue weighted by Crippen LogP contribution is -2.44. The maximum absolute atomic E-state index is 6.22. The van der Waals surface area contributed by atoms with Crippen LogP contribution in [0, 0.1) is 0 Å². The monoisotopic (exact) mass is 277 g/mol. The number of benzene rings is 1. The van der Waals surface area contributed by atoms with Gasteiger partial charge in [-0.15, -0.1) is 0 Å². The zero-order chi connectivity index (χ0) is 14.4. The van der Waals surface area contributed by atoms with Crippen molar-refractivity contribution in [1.29, 1.82) is 0 Å². The van der Waals surface area contributed by atoms with E-state index in [4.69, 9.17) is 9.47 Å². The second-order valence-electron chi connectivity index (χ2n) is 5.47. The molecule has 3 nitrogen and oxygen atoms in total. The van der Waals surface area contributed by atoms with Crippen LogP contribution in [0.5, 0.6) is 5.75 Å². The summed E-state index contributed by atoms with van der Waals surface area (Å²) in [5.74, 6) is 0.904. The highest BCUT2D eigenvalue weighted by Gasteiger charge is 2.42. The van der Waals surface area contributed by atoms with E-state index < -0.39 is 0 Å². The Kier molecular flexibility index (Phi) is 5.44. The maximum atomic E-state index is 6.22. The summed E-state index contributed by atoms with van der Waals surface area (Å²) >= 11 is 0. The molecular weight excluding hydrogens is 250 g/mol.